The summed E-state index contributed by atoms with van der Waals surface area (Å²) in [6.45, 7) is 3.89. The van der Waals surface area contributed by atoms with Crippen molar-refractivity contribution in [1.29, 1.82) is 0 Å². The molecule has 0 aromatic heterocycles. The average Bonchev–Trinajstić information content (AvgIpc) is 2.36. The lowest BCUT2D eigenvalue weighted by Crippen LogP contribution is -2.37. The second-order valence-corrected chi connectivity index (χ2v) is 3.90. The third kappa shape index (κ3) is 1.90. The molecule has 1 fully saturated rings. The van der Waals surface area contributed by atoms with E-state index in [0.717, 1.165) is 19.0 Å². The second-order valence-electron chi connectivity index (χ2n) is 2.66. The summed E-state index contributed by atoms with van der Waals surface area (Å²) in [5, 5.41) is 0. The summed E-state index contributed by atoms with van der Waals surface area (Å²) in [5.74, 6) is -2.72. The van der Waals surface area contributed by atoms with Crippen LogP contribution in [0.15, 0.2) is 12.7 Å². The lowest BCUT2D eigenvalue weighted by molar-refractivity contribution is 0.00344. The highest BCUT2D eigenvalue weighted by Gasteiger charge is 2.42. The van der Waals surface area contributed by atoms with Crippen molar-refractivity contribution in [2.24, 2.45) is 0 Å². The van der Waals surface area contributed by atoms with Gasteiger partial charge in [-0.3, -0.25) is 0 Å². The van der Waals surface area contributed by atoms with Gasteiger partial charge in [-0.2, -0.15) is 0 Å². The normalized spacial score (nSPS) is 27.4. The van der Waals surface area contributed by atoms with E-state index in [1.54, 1.807) is 3.11 Å². The van der Waals surface area contributed by atoms with Crippen molar-refractivity contribution in [2.75, 3.05) is 6.54 Å². The van der Waals surface area contributed by atoms with E-state index >= 15 is 0 Å². The van der Waals surface area contributed by atoms with E-state index in [2.05, 4.69) is 6.58 Å². The number of hydrogen-bond donors (Lipinski definition) is 0. The van der Waals surface area contributed by atoms with E-state index in [4.69, 9.17) is 0 Å². The van der Waals surface area contributed by atoms with Crippen LogP contribution in [-0.4, -0.2) is 21.6 Å². The lowest BCUT2D eigenvalue weighted by atomic mass is 10.1. The van der Waals surface area contributed by atoms with E-state index in [1.165, 1.54) is 0 Å². The Morgan fingerprint density at radius 2 is 2.27 bits per heavy atom. The molecule has 1 aliphatic rings. The van der Waals surface area contributed by atoms with Crippen molar-refractivity contribution in [3.63, 3.8) is 0 Å². The van der Waals surface area contributed by atoms with E-state index in [0.29, 0.717) is 6.42 Å². The fourth-order valence-electron chi connectivity index (χ4n) is 1.25. The van der Waals surface area contributed by atoms with Crippen LogP contribution in [-0.2, 0) is 0 Å². The quantitative estimate of drug-likeness (QED) is 0.424. The molecule has 1 atom stereocenters. The van der Waals surface area contributed by atoms with Gasteiger partial charge in [-0.25, -0.2) is 11.9 Å². The van der Waals surface area contributed by atoms with Gasteiger partial charge in [0.2, 0.25) is 0 Å². The zero-order chi connectivity index (χ0) is 8.48. The molecule has 1 aliphatic heterocycles. The number of halogens is 3. The Balaban J connectivity index is 2.65. The Hall–Kier alpha value is 0.290. The summed E-state index contributed by atoms with van der Waals surface area (Å²) in [6.07, 6.45) is 2.17. The molecule has 0 saturated carbocycles. The second kappa shape index (κ2) is 3.35. The maximum Gasteiger partial charge on any atom is 0.282 e. The van der Waals surface area contributed by atoms with Crippen LogP contribution >= 0.6 is 22.9 Å². The average molecular weight is 273 g/mol. The van der Waals surface area contributed by atoms with Crippen LogP contribution in [0.5, 0.6) is 0 Å². The summed E-state index contributed by atoms with van der Waals surface area (Å²) < 4.78 is 27.6. The standard InChI is InChI=1S/C7H10F2IN/c1-2-7(8,9)6-4-3-5-11(6)10/h2,6H,1,3-5H2. The van der Waals surface area contributed by atoms with Gasteiger partial charge in [0.1, 0.15) is 0 Å². The SMILES string of the molecule is C=CC(F)(F)C1CCCN1I. The van der Waals surface area contributed by atoms with Gasteiger partial charge in [-0.15, -0.1) is 0 Å². The van der Waals surface area contributed by atoms with Crippen molar-refractivity contribution in [1.82, 2.24) is 3.11 Å². The third-order valence-corrected chi connectivity index (χ3v) is 3.06. The summed E-state index contributed by atoms with van der Waals surface area (Å²) in [5.41, 5.74) is 0. The molecule has 64 valence electrons. The monoisotopic (exact) mass is 273 g/mol. The maximum absolute atomic E-state index is 12.9. The van der Waals surface area contributed by atoms with Crippen LogP contribution in [0.1, 0.15) is 12.8 Å². The van der Waals surface area contributed by atoms with Crippen molar-refractivity contribution < 1.29 is 8.78 Å². The Bertz CT molecular complexity index is 161. The Labute approximate surface area is 78.9 Å². The molecule has 1 rings (SSSR count). The minimum atomic E-state index is -2.72. The Morgan fingerprint density at radius 1 is 1.64 bits per heavy atom. The minimum absolute atomic E-state index is 0.571. The van der Waals surface area contributed by atoms with Crippen molar-refractivity contribution in [3.05, 3.63) is 12.7 Å². The van der Waals surface area contributed by atoms with Crippen LogP contribution in [0.3, 0.4) is 0 Å². The molecule has 4 heteroatoms. The molecule has 1 saturated heterocycles. The van der Waals surface area contributed by atoms with Gasteiger partial charge in [0.25, 0.3) is 5.92 Å². The van der Waals surface area contributed by atoms with Crippen LogP contribution in [0.2, 0.25) is 0 Å². The Morgan fingerprint density at radius 3 is 2.64 bits per heavy atom. The van der Waals surface area contributed by atoms with Crippen LogP contribution in [0.4, 0.5) is 8.78 Å². The van der Waals surface area contributed by atoms with Gasteiger partial charge in [-0.05, 0) is 18.9 Å². The van der Waals surface area contributed by atoms with E-state index in [1.807, 2.05) is 22.9 Å². The first kappa shape index (κ1) is 9.38. The molecule has 0 N–H and O–H groups in total. The highest BCUT2D eigenvalue weighted by molar-refractivity contribution is 14.1. The molecule has 0 bridgehead atoms. The molecule has 0 aliphatic carbocycles. The molecule has 1 nitrogen and oxygen atoms in total. The first-order valence-electron chi connectivity index (χ1n) is 3.52. The van der Waals surface area contributed by atoms with Gasteiger partial charge in [-0.1, -0.05) is 6.58 Å². The molecule has 0 radical (unpaired) electrons. The Kier molecular flexibility index (Phi) is 2.85. The van der Waals surface area contributed by atoms with Crippen molar-refractivity contribution in [2.45, 2.75) is 24.8 Å². The maximum atomic E-state index is 12.9. The fourth-order valence-corrected chi connectivity index (χ4v) is 2.24. The summed E-state index contributed by atoms with van der Waals surface area (Å²) in [6, 6.07) is -0.638. The van der Waals surface area contributed by atoms with E-state index < -0.39 is 12.0 Å². The van der Waals surface area contributed by atoms with Gasteiger partial charge >= 0.3 is 0 Å². The highest BCUT2D eigenvalue weighted by Crippen LogP contribution is 2.34. The van der Waals surface area contributed by atoms with Gasteiger partial charge < -0.3 is 0 Å². The molecular weight excluding hydrogens is 263 g/mol. The summed E-state index contributed by atoms with van der Waals surface area (Å²) in [4.78, 5) is 0. The predicted molar refractivity (Wildman–Crippen MR) is 48.9 cm³/mol. The smallest absolute Gasteiger partial charge is 0.238 e. The highest BCUT2D eigenvalue weighted by atomic mass is 127. The van der Waals surface area contributed by atoms with Gasteiger partial charge in [0, 0.05) is 29.4 Å². The van der Waals surface area contributed by atoms with Crippen LogP contribution in [0, 0.1) is 0 Å². The van der Waals surface area contributed by atoms with E-state index in [9.17, 15) is 8.78 Å². The van der Waals surface area contributed by atoms with Crippen LogP contribution in [0.25, 0.3) is 0 Å². The number of nitrogens with zero attached hydrogens (tertiary/aromatic N) is 1. The third-order valence-electron chi connectivity index (χ3n) is 1.90. The molecule has 0 aromatic carbocycles. The van der Waals surface area contributed by atoms with Crippen molar-refractivity contribution >= 4 is 22.9 Å². The largest absolute Gasteiger partial charge is 0.282 e. The summed E-state index contributed by atoms with van der Waals surface area (Å²) >= 11 is 1.95. The molecule has 11 heavy (non-hydrogen) atoms. The molecule has 0 spiro atoms. The molecule has 0 aromatic rings. The van der Waals surface area contributed by atoms with Crippen molar-refractivity contribution in [3.8, 4) is 0 Å². The number of hydrogen-bond acceptors (Lipinski definition) is 1. The molecular formula is C7H10F2IN. The number of rotatable bonds is 2. The lowest BCUT2D eigenvalue weighted by Gasteiger charge is -2.24. The molecule has 1 unspecified atom stereocenters. The first-order valence-corrected chi connectivity index (χ1v) is 4.48. The minimum Gasteiger partial charge on any atom is -0.238 e. The van der Waals surface area contributed by atoms with Crippen LogP contribution < -0.4 is 0 Å². The molecule has 1 heterocycles. The fraction of sp³-hybridized carbons (Fsp3) is 0.714. The first-order chi connectivity index (χ1) is 5.08. The van der Waals surface area contributed by atoms with E-state index in [-0.39, 0.29) is 0 Å². The number of alkyl halides is 2. The zero-order valence-electron chi connectivity index (χ0n) is 6.06. The topological polar surface area (TPSA) is 3.24 Å². The summed E-state index contributed by atoms with van der Waals surface area (Å²) in [7, 11) is 0. The predicted octanol–water partition coefficient (Wildman–Crippen LogP) is 2.62. The van der Waals surface area contributed by atoms with Gasteiger partial charge in [0.05, 0.1) is 6.04 Å². The van der Waals surface area contributed by atoms with Gasteiger partial charge in [0.15, 0.2) is 0 Å². The zero-order valence-corrected chi connectivity index (χ0v) is 8.22. The molecule has 0 amide bonds.